The summed E-state index contributed by atoms with van der Waals surface area (Å²) < 4.78 is 36.8. The van der Waals surface area contributed by atoms with E-state index in [0.29, 0.717) is 17.4 Å². The van der Waals surface area contributed by atoms with Crippen molar-refractivity contribution in [1.29, 1.82) is 0 Å². The highest BCUT2D eigenvalue weighted by molar-refractivity contribution is 7.92. The smallest absolute Gasteiger partial charge is 0.279 e. The Morgan fingerprint density at radius 2 is 1.79 bits per heavy atom. The van der Waals surface area contributed by atoms with Crippen LogP contribution in [0, 0.1) is 5.92 Å². The largest absolute Gasteiger partial charge is 0.489 e. The summed E-state index contributed by atoms with van der Waals surface area (Å²) in [6.07, 6.45) is 0.0708. The molecule has 8 nitrogen and oxygen atoms in total. The summed E-state index contributed by atoms with van der Waals surface area (Å²) in [7, 11) is -3.90. The van der Waals surface area contributed by atoms with Crippen LogP contribution in [0.15, 0.2) is 53.4 Å². The van der Waals surface area contributed by atoms with E-state index in [-0.39, 0.29) is 24.5 Å². The summed E-state index contributed by atoms with van der Waals surface area (Å²) in [5.41, 5.74) is 0.909. The monoisotopic (exact) mass is 441 g/mol. The molecule has 2 aromatic carbocycles. The molecule has 2 N–H and O–H groups in total. The Morgan fingerprint density at radius 3 is 2.41 bits per heavy atom. The van der Waals surface area contributed by atoms with Crippen molar-refractivity contribution < 1.29 is 33.1 Å². The van der Waals surface area contributed by atoms with Crippen molar-refractivity contribution in [2.75, 3.05) is 13.2 Å². The summed E-state index contributed by atoms with van der Waals surface area (Å²) in [4.78, 5) is 12.0. The van der Waals surface area contributed by atoms with Gasteiger partial charge in [0.1, 0.15) is 12.4 Å². The molecule has 1 aliphatic rings. The number of rotatable bonds is 6. The molecule has 2 aromatic rings. The van der Waals surface area contributed by atoms with Crippen LogP contribution in [0.1, 0.15) is 12.0 Å². The number of carbonyl (C=O) groups excluding carboxylic acids is 1. The van der Waals surface area contributed by atoms with Crippen LogP contribution in [0.5, 0.6) is 5.75 Å². The Balaban J connectivity index is 1.73. The van der Waals surface area contributed by atoms with E-state index in [1.165, 1.54) is 24.3 Å². The predicted molar refractivity (Wildman–Crippen MR) is 103 cm³/mol. The molecule has 0 aliphatic carbocycles. The highest BCUT2D eigenvalue weighted by Gasteiger charge is 2.42. The SMILES string of the molecule is O=C(C1COCCC1S(=O)(=O)c1ccc(OCc2ccc(Cl)cc2)cc1)N(O)O. The minimum atomic E-state index is -3.90. The van der Waals surface area contributed by atoms with Gasteiger partial charge in [0.05, 0.1) is 22.7 Å². The molecule has 0 radical (unpaired) electrons. The van der Waals surface area contributed by atoms with Crippen LogP contribution in [0.25, 0.3) is 0 Å². The van der Waals surface area contributed by atoms with E-state index in [9.17, 15) is 13.2 Å². The molecule has 1 amide bonds. The second kappa shape index (κ2) is 9.10. The third-order valence-corrected chi connectivity index (χ3v) is 7.22. The molecule has 0 aromatic heterocycles. The number of sulfone groups is 1. The van der Waals surface area contributed by atoms with Crippen molar-refractivity contribution in [2.45, 2.75) is 23.2 Å². The van der Waals surface area contributed by atoms with E-state index < -0.39 is 32.1 Å². The van der Waals surface area contributed by atoms with Gasteiger partial charge in [-0.05, 0) is 48.4 Å². The number of amides is 1. The van der Waals surface area contributed by atoms with Gasteiger partial charge in [-0.25, -0.2) is 8.42 Å². The molecule has 156 valence electrons. The highest BCUT2D eigenvalue weighted by atomic mass is 35.5. The van der Waals surface area contributed by atoms with Gasteiger partial charge in [0.15, 0.2) is 9.84 Å². The lowest BCUT2D eigenvalue weighted by Gasteiger charge is -2.30. The average molecular weight is 442 g/mol. The maximum absolute atomic E-state index is 13.0. The van der Waals surface area contributed by atoms with Crippen LogP contribution in [0.4, 0.5) is 0 Å². The van der Waals surface area contributed by atoms with E-state index in [1.807, 2.05) is 12.1 Å². The molecule has 0 spiro atoms. The van der Waals surface area contributed by atoms with Crippen LogP contribution < -0.4 is 4.74 Å². The zero-order valence-corrected chi connectivity index (χ0v) is 16.8. The fraction of sp³-hybridized carbons (Fsp3) is 0.316. The first-order chi connectivity index (χ1) is 13.8. The normalized spacial score (nSPS) is 19.6. The second-order valence-corrected chi connectivity index (χ2v) is 9.17. The van der Waals surface area contributed by atoms with Gasteiger partial charge in [0.25, 0.3) is 5.91 Å². The summed E-state index contributed by atoms with van der Waals surface area (Å²) in [5, 5.41) is 16.9. The van der Waals surface area contributed by atoms with Crippen LogP contribution >= 0.6 is 11.6 Å². The van der Waals surface area contributed by atoms with Gasteiger partial charge in [-0.1, -0.05) is 29.0 Å². The highest BCUT2D eigenvalue weighted by Crippen LogP contribution is 2.30. The molecule has 1 fully saturated rings. The van der Waals surface area contributed by atoms with Gasteiger partial charge in [-0.3, -0.25) is 15.2 Å². The van der Waals surface area contributed by atoms with Crippen molar-refractivity contribution in [2.24, 2.45) is 5.92 Å². The molecule has 0 saturated carbocycles. The van der Waals surface area contributed by atoms with Crippen LogP contribution in [0.3, 0.4) is 0 Å². The molecule has 1 saturated heterocycles. The standard InChI is InChI=1S/C19H20ClNO7S/c20-14-3-1-13(2-4-14)11-28-15-5-7-16(8-6-15)29(25,26)18-9-10-27-12-17(18)19(22)21(23)24/h1-8,17-18,23-24H,9-12H2. The van der Waals surface area contributed by atoms with Crippen LogP contribution in [-0.4, -0.2) is 48.4 Å². The number of carbonyl (C=O) groups is 1. The summed E-state index contributed by atoms with van der Waals surface area (Å²) in [5.74, 6) is -1.85. The van der Waals surface area contributed by atoms with Crippen LogP contribution in [-0.2, 0) is 26.0 Å². The Bertz CT molecular complexity index is 946. The van der Waals surface area contributed by atoms with Crippen molar-refractivity contribution in [3.05, 3.63) is 59.1 Å². The van der Waals surface area contributed by atoms with Gasteiger partial charge >= 0.3 is 0 Å². The van der Waals surface area contributed by atoms with Crippen LogP contribution in [0.2, 0.25) is 5.02 Å². The quantitative estimate of drug-likeness (QED) is 0.523. The van der Waals surface area contributed by atoms with Crippen molar-refractivity contribution in [3.63, 3.8) is 0 Å². The lowest BCUT2D eigenvalue weighted by molar-refractivity contribution is -0.289. The first-order valence-corrected chi connectivity index (χ1v) is 10.7. The first kappa shape index (κ1) is 21.5. The zero-order chi connectivity index (χ0) is 21.0. The third kappa shape index (κ3) is 5.06. The molecule has 2 unspecified atom stereocenters. The maximum Gasteiger partial charge on any atom is 0.279 e. The number of nitrogens with zero attached hydrogens (tertiary/aromatic N) is 1. The van der Waals surface area contributed by atoms with Crippen molar-refractivity contribution in [1.82, 2.24) is 5.23 Å². The maximum atomic E-state index is 13.0. The number of hydroxylamine groups is 2. The van der Waals surface area contributed by atoms with E-state index in [4.69, 9.17) is 31.5 Å². The Kier molecular flexibility index (Phi) is 6.76. The molecule has 0 bridgehead atoms. The third-order valence-electron chi connectivity index (χ3n) is 4.68. The fourth-order valence-corrected chi connectivity index (χ4v) is 5.14. The van der Waals surface area contributed by atoms with E-state index in [1.54, 1.807) is 12.1 Å². The molecule has 10 heteroatoms. The number of hydrogen-bond donors (Lipinski definition) is 2. The molecule has 3 rings (SSSR count). The molecule has 1 heterocycles. The molecular formula is C19H20ClNO7S. The molecule has 29 heavy (non-hydrogen) atoms. The summed E-state index contributed by atoms with van der Waals surface area (Å²) in [6.45, 7) is 0.248. The molecule has 2 atom stereocenters. The van der Waals surface area contributed by atoms with Gasteiger partial charge in [0, 0.05) is 11.6 Å². The average Bonchev–Trinajstić information content (AvgIpc) is 2.73. The fourth-order valence-electron chi connectivity index (χ4n) is 3.12. The lowest BCUT2D eigenvalue weighted by atomic mass is 10.0. The first-order valence-electron chi connectivity index (χ1n) is 8.79. The lowest BCUT2D eigenvalue weighted by Crippen LogP contribution is -2.46. The van der Waals surface area contributed by atoms with Gasteiger partial charge < -0.3 is 9.47 Å². The number of ether oxygens (including phenoxy) is 2. The van der Waals surface area contributed by atoms with Gasteiger partial charge in [0.2, 0.25) is 0 Å². The zero-order valence-electron chi connectivity index (χ0n) is 15.3. The van der Waals surface area contributed by atoms with Crippen molar-refractivity contribution in [3.8, 4) is 5.75 Å². The minimum Gasteiger partial charge on any atom is -0.489 e. The summed E-state index contributed by atoms with van der Waals surface area (Å²) >= 11 is 5.84. The summed E-state index contributed by atoms with van der Waals surface area (Å²) in [6, 6.07) is 13.0. The van der Waals surface area contributed by atoms with E-state index in [0.717, 1.165) is 5.56 Å². The topological polar surface area (TPSA) is 113 Å². The second-order valence-electron chi connectivity index (χ2n) is 6.57. The number of benzene rings is 2. The molecular weight excluding hydrogens is 422 g/mol. The number of hydrogen-bond acceptors (Lipinski definition) is 7. The number of halogens is 1. The minimum absolute atomic E-state index is 0.0171. The predicted octanol–water partition coefficient (Wildman–Crippen LogP) is 2.70. The van der Waals surface area contributed by atoms with E-state index >= 15 is 0 Å². The Hall–Kier alpha value is -2.17. The van der Waals surface area contributed by atoms with E-state index in [2.05, 4.69) is 0 Å². The Labute approximate surface area is 173 Å². The Morgan fingerprint density at radius 1 is 1.14 bits per heavy atom. The molecule has 1 aliphatic heterocycles. The van der Waals surface area contributed by atoms with Crippen molar-refractivity contribution >= 4 is 27.3 Å². The van der Waals surface area contributed by atoms with Gasteiger partial charge in [-0.2, -0.15) is 0 Å². The van der Waals surface area contributed by atoms with Gasteiger partial charge in [-0.15, -0.1) is 0 Å².